The molecular formula is C32H40BNO. The quantitative estimate of drug-likeness (QED) is 0.283. The first-order chi connectivity index (χ1) is 17.1. The van der Waals surface area contributed by atoms with Crippen molar-refractivity contribution in [3.8, 4) is 5.75 Å². The Balaban J connectivity index is 0.000000224. The molecular weight excluding hydrogens is 425 g/mol. The summed E-state index contributed by atoms with van der Waals surface area (Å²) < 4.78 is 1.28. The second-order valence-corrected chi connectivity index (χ2v) is 8.58. The maximum atomic E-state index is 10.3. The summed E-state index contributed by atoms with van der Waals surface area (Å²) in [6.07, 6.45) is 0. The summed E-state index contributed by atoms with van der Waals surface area (Å²) in [7, 11) is 0. The van der Waals surface area contributed by atoms with Crippen LogP contribution in [-0.4, -0.2) is 37.4 Å². The van der Waals surface area contributed by atoms with E-state index in [2.05, 4.69) is 119 Å². The molecule has 0 saturated heterocycles. The highest BCUT2D eigenvalue weighted by Gasteiger charge is 2.20. The predicted octanol–water partition coefficient (Wildman–Crippen LogP) is 4.85. The van der Waals surface area contributed by atoms with Gasteiger partial charge in [-0.2, -0.15) is 0 Å². The largest absolute Gasteiger partial charge is 0.872 e. The molecule has 182 valence electrons. The Hall–Kier alpha value is -3.30. The van der Waals surface area contributed by atoms with Crippen molar-refractivity contribution in [1.29, 1.82) is 0 Å². The topological polar surface area (TPSA) is 23.1 Å². The van der Waals surface area contributed by atoms with Gasteiger partial charge in [-0.25, -0.2) is 0 Å². The number of hydrogen-bond donors (Lipinski definition) is 0. The minimum Gasteiger partial charge on any atom is -0.872 e. The Morgan fingerprint density at radius 2 is 0.714 bits per heavy atom. The van der Waals surface area contributed by atoms with Crippen molar-refractivity contribution < 1.29 is 9.59 Å². The van der Waals surface area contributed by atoms with Gasteiger partial charge in [0.15, 0.2) is 0 Å². The second kappa shape index (κ2) is 15.6. The standard InChI is InChI=1S/C18H15B.C8H20N.C6H6O/c1-4-10-16(11-5-1)19(17-12-6-2-7-13-17)18-14-8-3-9-15-18;1-5-9(6-2,7-3)8-4;7-6-4-2-1-3-5-6/h1-15H;5-8H2,1-4H3;1-5,7H/q;+1;/p-1. The fourth-order valence-corrected chi connectivity index (χ4v) is 4.28. The molecule has 0 atom stereocenters. The zero-order valence-corrected chi connectivity index (χ0v) is 21.8. The van der Waals surface area contributed by atoms with Gasteiger partial charge in [0, 0.05) is 0 Å². The van der Waals surface area contributed by atoms with Crippen LogP contribution < -0.4 is 21.5 Å². The molecule has 35 heavy (non-hydrogen) atoms. The molecule has 0 bridgehead atoms. The maximum Gasteiger partial charge on any atom is 0.241 e. The van der Waals surface area contributed by atoms with E-state index in [-0.39, 0.29) is 5.75 Å². The van der Waals surface area contributed by atoms with Crippen LogP contribution in [0.1, 0.15) is 27.7 Å². The van der Waals surface area contributed by atoms with Crippen LogP contribution in [0, 0.1) is 0 Å². The fourth-order valence-electron chi connectivity index (χ4n) is 4.28. The van der Waals surface area contributed by atoms with E-state index in [1.807, 2.05) is 6.07 Å². The summed E-state index contributed by atoms with van der Waals surface area (Å²) in [5.41, 5.74) is 4.00. The van der Waals surface area contributed by atoms with E-state index in [4.69, 9.17) is 0 Å². The summed E-state index contributed by atoms with van der Waals surface area (Å²) in [4.78, 5) is 0. The first kappa shape index (κ1) is 27.9. The predicted molar refractivity (Wildman–Crippen MR) is 152 cm³/mol. The summed E-state index contributed by atoms with van der Waals surface area (Å²) in [5, 5.41) is 10.3. The Kier molecular flexibility index (Phi) is 12.4. The third kappa shape index (κ3) is 9.11. The molecule has 0 spiro atoms. The number of rotatable bonds is 7. The Bertz CT molecular complexity index is 925. The van der Waals surface area contributed by atoms with Gasteiger partial charge in [-0.3, -0.25) is 0 Å². The maximum absolute atomic E-state index is 10.3. The van der Waals surface area contributed by atoms with Gasteiger partial charge < -0.3 is 9.59 Å². The molecule has 0 aromatic heterocycles. The van der Waals surface area contributed by atoms with Crippen LogP contribution in [-0.2, 0) is 0 Å². The Labute approximate surface area is 213 Å². The van der Waals surface area contributed by atoms with Crippen molar-refractivity contribution in [3.05, 3.63) is 121 Å². The highest BCUT2D eigenvalue weighted by Crippen LogP contribution is 2.03. The molecule has 0 aliphatic rings. The van der Waals surface area contributed by atoms with Gasteiger partial charge in [-0.1, -0.05) is 138 Å². The molecule has 4 aromatic rings. The first-order valence-electron chi connectivity index (χ1n) is 12.8. The van der Waals surface area contributed by atoms with Gasteiger partial charge in [0.1, 0.15) is 0 Å². The number of quaternary nitrogens is 1. The van der Waals surface area contributed by atoms with Crippen LogP contribution in [0.3, 0.4) is 0 Å². The average Bonchev–Trinajstić information content (AvgIpc) is 2.94. The molecule has 0 aliphatic carbocycles. The molecule has 0 fully saturated rings. The summed E-state index contributed by atoms with van der Waals surface area (Å²) in [5.74, 6) is 0.0718. The van der Waals surface area contributed by atoms with Crippen LogP contribution >= 0.6 is 0 Å². The lowest BCUT2D eigenvalue weighted by molar-refractivity contribution is -0.921. The zero-order chi connectivity index (χ0) is 25.4. The van der Waals surface area contributed by atoms with Crippen LogP contribution in [0.25, 0.3) is 0 Å². The van der Waals surface area contributed by atoms with Gasteiger partial charge >= 0.3 is 0 Å². The summed E-state index contributed by atoms with van der Waals surface area (Å²) >= 11 is 0. The molecule has 0 N–H and O–H groups in total. The number of nitrogens with zero attached hydrogens (tertiary/aromatic N) is 1. The molecule has 0 aliphatic heterocycles. The number of hydrogen-bond acceptors (Lipinski definition) is 1. The van der Waals surface area contributed by atoms with Crippen molar-refractivity contribution >= 4 is 23.1 Å². The summed E-state index contributed by atoms with van der Waals surface area (Å²) in [6, 6.07) is 40.4. The zero-order valence-electron chi connectivity index (χ0n) is 21.8. The molecule has 0 heterocycles. The highest BCUT2D eigenvalue weighted by molar-refractivity contribution is 6.95. The normalized spacial score (nSPS) is 10.3. The Morgan fingerprint density at radius 3 is 0.886 bits per heavy atom. The molecule has 4 aromatic carbocycles. The fraction of sp³-hybridized carbons (Fsp3) is 0.250. The molecule has 4 rings (SSSR count). The van der Waals surface area contributed by atoms with Gasteiger partial charge in [-0.15, -0.1) is 5.75 Å². The lowest BCUT2D eigenvalue weighted by Crippen LogP contribution is -2.51. The smallest absolute Gasteiger partial charge is 0.241 e. The Morgan fingerprint density at radius 1 is 0.457 bits per heavy atom. The molecule has 2 nitrogen and oxygen atoms in total. The SMILES string of the molecule is CC[N+](CC)(CC)CC.[O-]c1ccccc1.c1ccc(B(c2ccccc2)c2ccccc2)cc1. The number of para-hydroxylation sites is 1. The van der Waals surface area contributed by atoms with E-state index in [1.165, 1.54) is 59.2 Å². The average molecular weight is 465 g/mol. The third-order valence-electron chi connectivity index (χ3n) is 6.83. The van der Waals surface area contributed by atoms with E-state index in [0.29, 0.717) is 6.71 Å². The third-order valence-corrected chi connectivity index (χ3v) is 6.83. The minimum atomic E-state index is 0.0718. The lowest BCUT2D eigenvalue weighted by Gasteiger charge is -2.34. The van der Waals surface area contributed by atoms with Crippen molar-refractivity contribution in [3.63, 3.8) is 0 Å². The van der Waals surface area contributed by atoms with Crippen molar-refractivity contribution in [2.24, 2.45) is 0 Å². The highest BCUT2D eigenvalue weighted by atomic mass is 16.3. The van der Waals surface area contributed by atoms with E-state index in [1.54, 1.807) is 12.1 Å². The second-order valence-electron chi connectivity index (χ2n) is 8.58. The van der Waals surface area contributed by atoms with Crippen LogP contribution in [0.4, 0.5) is 0 Å². The number of benzene rings is 4. The van der Waals surface area contributed by atoms with Gasteiger partial charge in [0.2, 0.25) is 6.71 Å². The first-order valence-corrected chi connectivity index (χ1v) is 12.8. The van der Waals surface area contributed by atoms with E-state index in [9.17, 15) is 5.11 Å². The van der Waals surface area contributed by atoms with E-state index < -0.39 is 0 Å². The molecule has 0 amide bonds. The van der Waals surface area contributed by atoms with E-state index >= 15 is 0 Å². The van der Waals surface area contributed by atoms with Crippen molar-refractivity contribution in [1.82, 2.24) is 0 Å². The van der Waals surface area contributed by atoms with E-state index in [0.717, 1.165) is 0 Å². The molecule has 0 unspecified atom stereocenters. The van der Waals surface area contributed by atoms with Gasteiger partial charge in [0.25, 0.3) is 0 Å². The van der Waals surface area contributed by atoms with Crippen molar-refractivity contribution in [2.45, 2.75) is 27.7 Å². The lowest BCUT2D eigenvalue weighted by atomic mass is 9.37. The van der Waals surface area contributed by atoms with Crippen molar-refractivity contribution in [2.75, 3.05) is 26.2 Å². The summed E-state index contributed by atoms with van der Waals surface area (Å²) in [6.45, 7) is 14.5. The monoisotopic (exact) mass is 465 g/mol. The molecule has 0 saturated carbocycles. The van der Waals surface area contributed by atoms with Gasteiger partial charge in [0.05, 0.1) is 26.2 Å². The molecule has 0 radical (unpaired) electrons. The molecule has 3 heteroatoms. The van der Waals surface area contributed by atoms with Crippen LogP contribution in [0.5, 0.6) is 5.75 Å². The van der Waals surface area contributed by atoms with Gasteiger partial charge in [-0.05, 0) is 27.7 Å². The van der Waals surface area contributed by atoms with Crippen LogP contribution in [0.15, 0.2) is 121 Å². The minimum absolute atomic E-state index is 0.0718. The van der Waals surface area contributed by atoms with Crippen LogP contribution in [0.2, 0.25) is 0 Å².